The number of aromatic nitrogens is 2. The monoisotopic (exact) mass is 168 g/mol. The van der Waals surface area contributed by atoms with Crippen LogP contribution in [-0.2, 0) is 16.6 Å². The normalized spacial score (nSPS) is 12.6. The zero-order valence-corrected chi connectivity index (χ0v) is 7.44. The number of hydrogen-bond donors (Lipinski definition) is 0. The van der Waals surface area contributed by atoms with E-state index in [1.165, 1.54) is 7.11 Å². The fourth-order valence-electron chi connectivity index (χ4n) is 0.962. The van der Waals surface area contributed by atoms with Crippen LogP contribution in [-0.4, -0.2) is 22.9 Å². The highest BCUT2D eigenvalue weighted by atomic mass is 16.5. The van der Waals surface area contributed by atoms with Crippen LogP contribution < -0.4 is 0 Å². The molecule has 66 valence electrons. The summed E-state index contributed by atoms with van der Waals surface area (Å²) in [5.74, 6) is -0.537. The lowest BCUT2D eigenvalue weighted by Crippen LogP contribution is -2.11. The molecule has 0 fully saturated rings. The summed E-state index contributed by atoms with van der Waals surface area (Å²) in [6.07, 6.45) is 1.80. The topological polar surface area (TPSA) is 44.1 Å². The maximum atomic E-state index is 11.1. The van der Waals surface area contributed by atoms with Crippen molar-refractivity contribution in [1.82, 2.24) is 9.78 Å². The highest BCUT2D eigenvalue weighted by Gasteiger charge is 2.17. The highest BCUT2D eigenvalue weighted by Crippen LogP contribution is 2.12. The summed E-state index contributed by atoms with van der Waals surface area (Å²) in [6.45, 7) is 1.77. The van der Waals surface area contributed by atoms with Crippen LogP contribution in [0.15, 0.2) is 12.3 Å². The van der Waals surface area contributed by atoms with Crippen molar-refractivity contribution in [2.24, 2.45) is 7.05 Å². The molecule has 0 saturated heterocycles. The van der Waals surface area contributed by atoms with E-state index in [2.05, 4.69) is 9.84 Å². The summed E-state index contributed by atoms with van der Waals surface area (Å²) in [6, 6.07) is 1.81. The van der Waals surface area contributed by atoms with E-state index in [1.54, 1.807) is 17.8 Å². The molecule has 0 amide bonds. The number of aryl methyl sites for hydroxylation is 1. The van der Waals surface area contributed by atoms with Gasteiger partial charge in [0.15, 0.2) is 0 Å². The Hall–Kier alpha value is -1.32. The third-order valence-corrected chi connectivity index (χ3v) is 1.73. The first kappa shape index (κ1) is 8.77. The van der Waals surface area contributed by atoms with Crippen LogP contribution in [0.25, 0.3) is 0 Å². The Morgan fingerprint density at radius 1 is 1.75 bits per heavy atom. The van der Waals surface area contributed by atoms with Crippen molar-refractivity contribution in [1.29, 1.82) is 0 Å². The molecule has 1 rings (SSSR count). The number of hydrogen-bond acceptors (Lipinski definition) is 3. The lowest BCUT2D eigenvalue weighted by atomic mass is 10.1. The first-order chi connectivity index (χ1) is 5.65. The Morgan fingerprint density at radius 3 is 2.83 bits per heavy atom. The molecule has 1 aromatic heterocycles. The highest BCUT2D eigenvalue weighted by molar-refractivity contribution is 5.76. The second kappa shape index (κ2) is 3.38. The second-order valence-electron chi connectivity index (χ2n) is 2.66. The molecule has 12 heavy (non-hydrogen) atoms. The van der Waals surface area contributed by atoms with Crippen molar-refractivity contribution in [2.75, 3.05) is 7.11 Å². The molecule has 4 nitrogen and oxygen atoms in total. The van der Waals surface area contributed by atoms with Crippen LogP contribution in [0, 0.1) is 0 Å². The largest absolute Gasteiger partial charge is 0.469 e. The average molecular weight is 168 g/mol. The van der Waals surface area contributed by atoms with E-state index < -0.39 is 0 Å². The van der Waals surface area contributed by atoms with Crippen molar-refractivity contribution in [3.05, 3.63) is 18.0 Å². The minimum Gasteiger partial charge on any atom is -0.469 e. The van der Waals surface area contributed by atoms with E-state index in [0.29, 0.717) is 0 Å². The van der Waals surface area contributed by atoms with Gasteiger partial charge in [-0.15, -0.1) is 0 Å². The van der Waals surface area contributed by atoms with Gasteiger partial charge in [-0.25, -0.2) is 0 Å². The second-order valence-corrected chi connectivity index (χ2v) is 2.66. The standard InChI is InChI=1S/C8H12N2O2/c1-6(8(11)12-3)7-4-5-10(2)9-7/h4-6H,1-3H3. The summed E-state index contributed by atoms with van der Waals surface area (Å²) in [7, 11) is 3.19. The zero-order chi connectivity index (χ0) is 9.14. The molecule has 0 aromatic carbocycles. The first-order valence-electron chi connectivity index (χ1n) is 3.72. The summed E-state index contributed by atoms with van der Waals surface area (Å²) in [5.41, 5.74) is 0.740. The van der Waals surface area contributed by atoms with E-state index in [-0.39, 0.29) is 11.9 Å². The maximum absolute atomic E-state index is 11.1. The predicted octanol–water partition coefficient (Wildman–Crippen LogP) is 0.697. The Balaban J connectivity index is 2.77. The fraction of sp³-hybridized carbons (Fsp3) is 0.500. The number of carbonyl (C=O) groups is 1. The van der Waals surface area contributed by atoms with E-state index in [0.717, 1.165) is 5.69 Å². The van der Waals surface area contributed by atoms with Crippen molar-refractivity contribution in [2.45, 2.75) is 12.8 Å². The van der Waals surface area contributed by atoms with E-state index in [1.807, 2.05) is 13.1 Å². The number of rotatable bonds is 2. The van der Waals surface area contributed by atoms with Gasteiger partial charge in [0.2, 0.25) is 0 Å². The molecular formula is C8H12N2O2. The van der Waals surface area contributed by atoms with Gasteiger partial charge in [0.25, 0.3) is 0 Å². The molecule has 0 aliphatic carbocycles. The minimum atomic E-state index is -0.281. The molecule has 0 N–H and O–H groups in total. The molecular weight excluding hydrogens is 156 g/mol. The van der Waals surface area contributed by atoms with Gasteiger partial charge in [0.05, 0.1) is 18.7 Å². The average Bonchev–Trinajstić information content (AvgIpc) is 2.49. The maximum Gasteiger partial charge on any atom is 0.314 e. The first-order valence-corrected chi connectivity index (χ1v) is 3.72. The van der Waals surface area contributed by atoms with Gasteiger partial charge < -0.3 is 4.74 Å². The summed E-state index contributed by atoms with van der Waals surface area (Å²) >= 11 is 0. The molecule has 4 heteroatoms. The number of nitrogens with zero attached hydrogens (tertiary/aromatic N) is 2. The molecule has 1 unspecified atom stereocenters. The minimum absolute atomic E-state index is 0.256. The van der Waals surface area contributed by atoms with Crippen LogP contribution >= 0.6 is 0 Å². The third kappa shape index (κ3) is 1.64. The quantitative estimate of drug-likeness (QED) is 0.610. The number of carbonyl (C=O) groups excluding carboxylic acids is 1. The summed E-state index contributed by atoms with van der Waals surface area (Å²) in [4.78, 5) is 11.1. The zero-order valence-electron chi connectivity index (χ0n) is 7.44. The number of esters is 1. The smallest absolute Gasteiger partial charge is 0.314 e. The van der Waals surface area contributed by atoms with Gasteiger partial charge in [0, 0.05) is 13.2 Å². The molecule has 0 spiro atoms. The van der Waals surface area contributed by atoms with Gasteiger partial charge in [-0.1, -0.05) is 0 Å². The molecule has 0 bridgehead atoms. The van der Waals surface area contributed by atoms with E-state index in [9.17, 15) is 4.79 Å². The van der Waals surface area contributed by atoms with Crippen LogP contribution in [0.2, 0.25) is 0 Å². The van der Waals surface area contributed by atoms with Crippen molar-refractivity contribution >= 4 is 5.97 Å². The van der Waals surface area contributed by atoms with Gasteiger partial charge >= 0.3 is 5.97 Å². The van der Waals surface area contributed by atoms with Crippen molar-refractivity contribution in [3.63, 3.8) is 0 Å². The van der Waals surface area contributed by atoms with Gasteiger partial charge in [0.1, 0.15) is 0 Å². The Morgan fingerprint density at radius 2 is 2.42 bits per heavy atom. The van der Waals surface area contributed by atoms with E-state index >= 15 is 0 Å². The van der Waals surface area contributed by atoms with Crippen LogP contribution in [0.5, 0.6) is 0 Å². The lowest BCUT2D eigenvalue weighted by Gasteiger charge is -2.04. The molecule has 1 heterocycles. The van der Waals surface area contributed by atoms with Crippen LogP contribution in [0.3, 0.4) is 0 Å². The molecule has 0 aliphatic heterocycles. The Kier molecular flexibility index (Phi) is 2.47. The summed E-state index contributed by atoms with van der Waals surface area (Å²) < 4.78 is 6.25. The number of methoxy groups -OCH3 is 1. The van der Waals surface area contributed by atoms with Gasteiger partial charge in [-0.05, 0) is 13.0 Å². The Labute approximate surface area is 71.1 Å². The van der Waals surface area contributed by atoms with Crippen molar-refractivity contribution < 1.29 is 9.53 Å². The number of ether oxygens (including phenoxy) is 1. The fourth-order valence-corrected chi connectivity index (χ4v) is 0.962. The van der Waals surface area contributed by atoms with Gasteiger partial charge in [-0.3, -0.25) is 9.48 Å². The molecule has 0 aliphatic rings. The van der Waals surface area contributed by atoms with Crippen LogP contribution in [0.1, 0.15) is 18.5 Å². The SMILES string of the molecule is COC(=O)C(C)c1ccn(C)n1. The third-order valence-electron chi connectivity index (χ3n) is 1.73. The summed E-state index contributed by atoms with van der Waals surface area (Å²) in [5, 5.41) is 4.10. The lowest BCUT2D eigenvalue weighted by molar-refractivity contribution is -0.142. The molecule has 0 radical (unpaired) electrons. The van der Waals surface area contributed by atoms with Crippen LogP contribution in [0.4, 0.5) is 0 Å². The molecule has 1 atom stereocenters. The Bertz CT molecular complexity index is 280. The van der Waals surface area contributed by atoms with Crippen molar-refractivity contribution in [3.8, 4) is 0 Å². The molecule has 1 aromatic rings. The van der Waals surface area contributed by atoms with E-state index in [4.69, 9.17) is 0 Å². The molecule has 0 saturated carbocycles. The van der Waals surface area contributed by atoms with Gasteiger partial charge in [-0.2, -0.15) is 5.10 Å². The predicted molar refractivity (Wildman–Crippen MR) is 43.6 cm³/mol.